The molecule has 59 heavy (non-hydrogen) atoms. The number of aliphatic hydroxyl groups excluding tert-OH is 10. The maximum atomic E-state index is 11.4. The van der Waals surface area contributed by atoms with E-state index in [1.807, 2.05) is 0 Å². The molecule has 0 spiro atoms. The monoisotopic (exact) mass is 928 g/mol. The van der Waals surface area contributed by atoms with Gasteiger partial charge in [-0.05, 0) is 46.4 Å². The number of ether oxygens (including phenoxy) is 9. The summed E-state index contributed by atoms with van der Waals surface area (Å²) in [5.74, 6) is 0. The smallest absolute Gasteiger partial charge is 0.322 e. The lowest BCUT2D eigenvalue weighted by Gasteiger charge is -2.48. The van der Waals surface area contributed by atoms with E-state index < -0.39 is 136 Å². The zero-order chi connectivity index (χ0) is 42.7. The second-order valence-corrected chi connectivity index (χ2v) is 14.9. The quantitative estimate of drug-likeness (QED) is 0.0849. The molecule has 0 amide bonds. The zero-order valence-electron chi connectivity index (χ0n) is 30.0. The molecule has 4 saturated heterocycles. The largest absolute Gasteiger partial charge is 0.461 e. The normalized spacial score (nSPS) is 40.4. The molecule has 0 saturated carbocycles. The van der Waals surface area contributed by atoms with E-state index in [2.05, 4.69) is 29.9 Å². The lowest BCUT2D eigenvalue weighted by molar-refractivity contribution is -0.381. The topological polar surface area (TPSA) is 363 Å². The molecule has 18 unspecified atom stereocenters. The predicted octanol–water partition coefficient (Wildman–Crippen LogP) is -4.88. The molecule has 4 fully saturated rings. The molecule has 0 bridgehead atoms. The Morgan fingerprint density at radius 1 is 0.492 bits per heavy atom. The Kier molecular flexibility index (Phi) is 16.2. The summed E-state index contributed by atoms with van der Waals surface area (Å²) in [4.78, 5) is 22.3. The first-order valence-electron chi connectivity index (χ1n) is 17.7. The molecule has 25 nitrogen and oxygen atoms in total. The Morgan fingerprint density at radius 2 is 0.932 bits per heavy atom. The minimum atomic E-state index is -2.05. The summed E-state index contributed by atoms with van der Waals surface area (Å²) in [5, 5.41) is 106. The maximum absolute atomic E-state index is 11.4. The van der Waals surface area contributed by atoms with Crippen molar-refractivity contribution in [2.75, 3.05) is 33.0 Å². The highest BCUT2D eigenvalue weighted by atomic mass is 35.5. The fourth-order valence-corrected chi connectivity index (χ4v) is 7.20. The van der Waals surface area contributed by atoms with Crippen molar-refractivity contribution in [1.29, 1.82) is 0 Å². The van der Waals surface area contributed by atoms with Crippen LogP contribution in [0.5, 0.6) is 12.0 Å². The molecule has 6 heterocycles. The minimum Gasteiger partial charge on any atom is -0.461 e. The highest BCUT2D eigenvalue weighted by Crippen LogP contribution is 2.34. The van der Waals surface area contributed by atoms with Crippen LogP contribution in [0.2, 0.25) is 21.1 Å². The van der Waals surface area contributed by atoms with Crippen LogP contribution in [0.25, 0.3) is 0 Å². The third-order valence-corrected chi connectivity index (χ3v) is 10.2. The third-order valence-electron chi connectivity index (χ3n) is 9.49. The Balaban J connectivity index is 1.16. The van der Waals surface area contributed by atoms with Gasteiger partial charge in [-0.3, -0.25) is 0 Å². The van der Waals surface area contributed by atoms with Crippen molar-refractivity contribution in [2.24, 2.45) is 0 Å². The van der Waals surface area contributed by atoms with Crippen LogP contribution >= 0.6 is 46.4 Å². The van der Waals surface area contributed by atoms with Gasteiger partial charge in [-0.2, -0.15) is 29.9 Å². The molecule has 0 aliphatic carbocycles. The van der Waals surface area contributed by atoms with Gasteiger partial charge in [-0.25, -0.2) is 0 Å². The van der Waals surface area contributed by atoms with Crippen LogP contribution in [-0.2, 0) is 33.2 Å². The zero-order valence-corrected chi connectivity index (χ0v) is 33.0. The number of aliphatic hydroxyl groups is 10. The first-order valence-corrected chi connectivity index (χ1v) is 19.2. The van der Waals surface area contributed by atoms with Gasteiger partial charge in [0.2, 0.25) is 21.1 Å². The van der Waals surface area contributed by atoms with Crippen LogP contribution in [0, 0.1) is 0 Å². The molecule has 0 radical (unpaired) electrons. The third kappa shape index (κ3) is 11.2. The van der Waals surface area contributed by atoms with Crippen LogP contribution < -0.4 is 9.47 Å². The van der Waals surface area contributed by atoms with Gasteiger partial charge in [0.1, 0.15) is 92.6 Å². The SMILES string of the molecule is OCC1OCC(O)C(O)C1OC1OC(COc2nc(Cl)nc(Cl)n2)C(OC2OC(CO)C(OC3OC(COc4nc(Cl)nc(Cl)n4)CC(O)C3O)C(O)C2O)C(O)C1O. The Hall–Kier alpha value is -1.90. The van der Waals surface area contributed by atoms with E-state index in [1.165, 1.54) is 0 Å². The van der Waals surface area contributed by atoms with E-state index >= 15 is 0 Å². The van der Waals surface area contributed by atoms with E-state index in [1.54, 1.807) is 0 Å². The van der Waals surface area contributed by atoms with Crippen molar-refractivity contribution < 1.29 is 93.7 Å². The van der Waals surface area contributed by atoms with E-state index in [0.29, 0.717) is 0 Å². The van der Waals surface area contributed by atoms with E-state index in [-0.39, 0.29) is 46.8 Å². The first kappa shape index (κ1) is 46.6. The molecule has 6 rings (SSSR count). The van der Waals surface area contributed by atoms with Crippen molar-refractivity contribution in [2.45, 2.75) is 117 Å². The molecule has 10 N–H and O–H groups in total. The average molecular weight is 930 g/mol. The highest BCUT2D eigenvalue weighted by molar-refractivity contribution is 6.31. The Morgan fingerprint density at radius 3 is 1.44 bits per heavy atom. The summed E-state index contributed by atoms with van der Waals surface area (Å²) < 4.78 is 51.1. The van der Waals surface area contributed by atoms with Gasteiger partial charge < -0.3 is 93.7 Å². The highest BCUT2D eigenvalue weighted by Gasteiger charge is 2.54. The van der Waals surface area contributed by atoms with Gasteiger partial charge in [-0.15, -0.1) is 0 Å². The van der Waals surface area contributed by atoms with E-state index in [4.69, 9.17) is 89.0 Å². The fourth-order valence-electron chi connectivity index (χ4n) is 6.50. The van der Waals surface area contributed by atoms with Crippen LogP contribution in [0.1, 0.15) is 6.42 Å². The lowest BCUT2D eigenvalue weighted by Crippen LogP contribution is -2.67. The molecule has 4 aliphatic heterocycles. The van der Waals surface area contributed by atoms with Gasteiger partial charge in [0, 0.05) is 6.42 Å². The summed E-state index contributed by atoms with van der Waals surface area (Å²) in [7, 11) is 0. The van der Waals surface area contributed by atoms with Gasteiger partial charge in [-0.1, -0.05) is 0 Å². The van der Waals surface area contributed by atoms with Crippen molar-refractivity contribution in [1.82, 2.24) is 29.9 Å². The number of nitrogens with zero attached hydrogens (tertiary/aromatic N) is 6. The maximum Gasteiger partial charge on any atom is 0.322 e. The number of rotatable bonds is 14. The Bertz CT molecular complexity index is 1650. The molecule has 18 atom stereocenters. The summed E-state index contributed by atoms with van der Waals surface area (Å²) >= 11 is 23.2. The molecule has 4 aliphatic rings. The summed E-state index contributed by atoms with van der Waals surface area (Å²) in [6.45, 7) is -2.87. The first-order chi connectivity index (χ1) is 28.1. The summed E-state index contributed by atoms with van der Waals surface area (Å²) in [6, 6.07) is -0.697. The molecule has 0 aromatic carbocycles. The van der Waals surface area contributed by atoms with Crippen molar-refractivity contribution in [3.63, 3.8) is 0 Å². The lowest BCUT2D eigenvalue weighted by atomic mass is 9.96. The van der Waals surface area contributed by atoms with Crippen LogP contribution in [-0.4, -0.2) is 224 Å². The molecule has 2 aromatic rings. The van der Waals surface area contributed by atoms with Crippen LogP contribution in [0.4, 0.5) is 0 Å². The van der Waals surface area contributed by atoms with E-state index in [0.717, 1.165) is 0 Å². The van der Waals surface area contributed by atoms with E-state index in [9.17, 15) is 51.1 Å². The molecule has 29 heteroatoms. The number of hydrogen-bond donors (Lipinski definition) is 10. The number of hydrogen-bond acceptors (Lipinski definition) is 25. The van der Waals surface area contributed by atoms with Gasteiger partial charge in [0.05, 0.1) is 32.0 Å². The van der Waals surface area contributed by atoms with Gasteiger partial charge >= 0.3 is 12.0 Å². The number of aromatic nitrogens is 6. The minimum absolute atomic E-state index is 0.167. The Labute approximate surface area is 352 Å². The van der Waals surface area contributed by atoms with Crippen LogP contribution in [0.3, 0.4) is 0 Å². The molecule has 332 valence electrons. The second kappa shape index (κ2) is 20.5. The van der Waals surface area contributed by atoms with Crippen molar-refractivity contribution >= 4 is 46.4 Å². The van der Waals surface area contributed by atoms with Crippen molar-refractivity contribution in [3.8, 4) is 12.0 Å². The summed E-state index contributed by atoms with van der Waals surface area (Å²) in [6.07, 6.45) is -30.0. The average Bonchev–Trinajstić information content (AvgIpc) is 3.18. The predicted molar refractivity (Wildman–Crippen MR) is 188 cm³/mol. The summed E-state index contributed by atoms with van der Waals surface area (Å²) in [5.41, 5.74) is 0. The van der Waals surface area contributed by atoms with Crippen LogP contribution in [0.15, 0.2) is 0 Å². The van der Waals surface area contributed by atoms with Gasteiger partial charge in [0.25, 0.3) is 0 Å². The number of halogens is 4. The van der Waals surface area contributed by atoms with Crippen molar-refractivity contribution in [3.05, 3.63) is 21.1 Å². The fraction of sp³-hybridized carbons (Fsp3) is 0.800. The van der Waals surface area contributed by atoms with Gasteiger partial charge in [0.15, 0.2) is 18.9 Å². The molecule has 2 aromatic heterocycles. The second-order valence-electron chi connectivity index (χ2n) is 13.5. The molecular formula is C30H40Cl4N6O19. The molecular weight excluding hydrogens is 890 g/mol. The standard InChI is InChI=1S/C30H40Cl4N6O19/c31-25-35-26(32)38-29(37-25)52-4-7-1-8(43)14(46)22(54-7)58-20-11(3-42)55-23(17(49)15(20)47)59-21-12(6-53-30-39-27(33)36-28(34)40-30)56-24(18(50)16(21)48)57-19-10(2-41)51-5-9(44)13(19)45/h7-24,41-50H,1-6H2.